The van der Waals surface area contributed by atoms with Crippen molar-refractivity contribution in [3.63, 3.8) is 0 Å². The van der Waals surface area contributed by atoms with Crippen LogP contribution in [0.5, 0.6) is 0 Å². The van der Waals surface area contributed by atoms with E-state index in [1.54, 1.807) is 6.92 Å². The lowest BCUT2D eigenvalue weighted by Crippen LogP contribution is -2.42. The van der Waals surface area contributed by atoms with Crippen LogP contribution >= 0.6 is 0 Å². The van der Waals surface area contributed by atoms with Crippen LogP contribution < -0.4 is 5.32 Å². The van der Waals surface area contributed by atoms with Crippen LogP contribution in [0.25, 0.3) is 0 Å². The molecule has 0 aromatic heterocycles. The molecule has 0 spiro atoms. The maximum Gasteiger partial charge on any atom is 0.411 e. The Kier molecular flexibility index (Phi) is 7.90. The SMILES string of the molecule is CCCNC(COCC(F)(F)F)C(=O)OCC. The molecule has 0 fully saturated rings. The summed E-state index contributed by atoms with van der Waals surface area (Å²) in [7, 11) is 0. The second-order valence-electron chi connectivity index (χ2n) is 3.39. The molecule has 7 heteroatoms. The van der Waals surface area contributed by atoms with Crippen molar-refractivity contribution in [3.05, 3.63) is 0 Å². The summed E-state index contributed by atoms with van der Waals surface area (Å²) in [6.07, 6.45) is -3.63. The largest absolute Gasteiger partial charge is 0.465 e. The molecule has 0 amide bonds. The smallest absolute Gasteiger partial charge is 0.411 e. The number of hydrogen-bond donors (Lipinski definition) is 1. The fourth-order valence-electron chi connectivity index (χ4n) is 1.06. The van der Waals surface area contributed by atoms with Gasteiger partial charge in [-0.2, -0.15) is 13.2 Å². The summed E-state index contributed by atoms with van der Waals surface area (Å²) in [5.74, 6) is -0.594. The Morgan fingerprint density at radius 3 is 2.47 bits per heavy atom. The molecule has 1 N–H and O–H groups in total. The second-order valence-corrected chi connectivity index (χ2v) is 3.39. The average molecular weight is 257 g/mol. The minimum Gasteiger partial charge on any atom is -0.465 e. The molecule has 0 radical (unpaired) electrons. The van der Waals surface area contributed by atoms with E-state index in [0.29, 0.717) is 6.54 Å². The molecule has 1 unspecified atom stereocenters. The van der Waals surface area contributed by atoms with E-state index < -0.39 is 24.8 Å². The normalized spacial score (nSPS) is 13.5. The number of nitrogens with one attached hydrogen (secondary N) is 1. The van der Waals surface area contributed by atoms with Gasteiger partial charge in [0, 0.05) is 0 Å². The number of alkyl halides is 3. The Bertz CT molecular complexity index is 221. The van der Waals surface area contributed by atoms with Gasteiger partial charge in [0.25, 0.3) is 0 Å². The lowest BCUT2D eigenvalue weighted by Gasteiger charge is -2.17. The van der Waals surface area contributed by atoms with Crippen LogP contribution in [0, 0.1) is 0 Å². The van der Waals surface area contributed by atoms with E-state index in [0.717, 1.165) is 6.42 Å². The molecule has 0 saturated carbocycles. The van der Waals surface area contributed by atoms with E-state index in [-0.39, 0.29) is 13.2 Å². The number of ether oxygens (including phenoxy) is 2. The van der Waals surface area contributed by atoms with Gasteiger partial charge in [-0.25, -0.2) is 0 Å². The zero-order chi connectivity index (χ0) is 13.3. The minimum absolute atomic E-state index is 0.183. The number of halogens is 3. The highest BCUT2D eigenvalue weighted by molar-refractivity contribution is 5.75. The van der Waals surface area contributed by atoms with Crippen molar-refractivity contribution in [1.29, 1.82) is 0 Å². The first-order valence-electron chi connectivity index (χ1n) is 5.45. The van der Waals surface area contributed by atoms with Crippen LogP contribution in [0.15, 0.2) is 0 Å². The molecule has 0 heterocycles. The number of carbonyl (C=O) groups excluding carboxylic acids is 1. The Labute approximate surface area is 98.5 Å². The summed E-state index contributed by atoms with van der Waals surface area (Å²) in [5.41, 5.74) is 0. The molecule has 0 saturated heterocycles. The van der Waals surface area contributed by atoms with Crippen LogP contribution in [-0.4, -0.2) is 44.6 Å². The first-order valence-corrected chi connectivity index (χ1v) is 5.45. The van der Waals surface area contributed by atoms with Crippen LogP contribution in [0.4, 0.5) is 13.2 Å². The number of esters is 1. The summed E-state index contributed by atoms with van der Waals surface area (Å²) in [5, 5.41) is 2.77. The number of carbonyl (C=O) groups is 1. The molecular weight excluding hydrogens is 239 g/mol. The Balaban J connectivity index is 4.05. The number of rotatable bonds is 8. The van der Waals surface area contributed by atoms with Gasteiger partial charge in [-0.1, -0.05) is 6.92 Å². The van der Waals surface area contributed by atoms with E-state index in [1.807, 2.05) is 6.92 Å². The van der Waals surface area contributed by atoms with E-state index in [1.165, 1.54) is 0 Å². The molecule has 1 atom stereocenters. The van der Waals surface area contributed by atoms with Gasteiger partial charge in [0.15, 0.2) is 0 Å². The van der Waals surface area contributed by atoms with Crippen LogP contribution in [0.1, 0.15) is 20.3 Å². The average Bonchev–Trinajstić information content (AvgIpc) is 2.21. The lowest BCUT2D eigenvalue weighted by atomic mass is 10.3. The molecule has 17 heavy (non-hydrogen) atoms. The molecule has 4 nitrogen and oxygen atoms in total. The molecule has 0 aliphatic rings. The third-order valence-electron chi connectivity index (χ3n) is 1.76. The maximum absolute atomic E-state index is 11.8. The Morgan fingerprint density at radius 2 is 2.00 bits per heavy atom. The maximum atomic E-state index is 11.8. The fourth-order valence-corrected chi connectivity index (χ4v) is 1.06. The third kappa shape index (κ3) is 8.93. The summed E-state index contributed by atoms with van der Waals surface area (Å²) in [6.45, 7) is 2.49. The highest BCUT2D eigenvalue weighted by Gasteiger charge is 2.29. The molecule has 0 bridgehead atoms. The Hall–Kier alpha value is -0.820. The quantitative estimate of drug-likeness (QED) is 0.669. The standard InChI is InChI=1S/C10H18F3NO3/c1-3-5-14-8(9(15)17-4-2)6-16-7-10(11,12)13/h8,14H,3-7H2,1-2H3. The molecular formula is C10H18F3NO3. The minimum atomic E-state index is -4.38. The molecule has 0 aromatic carbocycles. The van der Waals surface area contributed by atoms with Gasteiger partial charge in [-0.05, 0) is 19.9 Å². The first-order chi connectivity index (χ1) is 7.90. The van der Waals surface area contributed by atoms with Crippen molar-refractivity contribution >= 4 is 5.97 Å². The van der Waals surface area contributed by atoms with Gasteiger partial charge in [-0.15, -0.1) is 0 Å². The Morgan fingerprint density at radius 1 is 1.35 bits per heavy atom. The predicted octanol–water partition coefficient (Wildman–Crippen LogP) is 1.50. The van der Waals surface area contributed by atoms with Crippen LogP contribution in [0.2, 0.25) is 0 Å². The van der Waals surface area contributed by atoms with Gasteiger partial charge in [-0.3, -0.25) is 4.79 Å². The van der Waals surface area contributed by atoms with E-state index in [9.17, 15) is 18.0 Å². The molecule has 0 aromatic rings. The highest BCUT2D eigenvalue weighted by Crippen LogP contribution is 2.14. The monoisotopic (exact) mass is 257 g/mol. The molecule has 102 valence electrons. The van der Waals surface area contributed by atoms with E-state index in [4.69, 9.17) is 4.74 Å². The van der Waals surface area contributed by atoms with Gasteiger partial charge in [0.2, 0.25) is 0 Å². The molecule has 0 rings (SSSR count). The zero-order valence-corrected chi connectivity index (χ0v) is 9.97. The van der Waals surface area contributed by atoms with Gasteiger partial charge in [0.05, 0.1) is 13.2 Å². The lowest BCUT2D eigenvalue weighted by molar-refractivity contribution is -0.178. The van der Waals surface area contributed by atoms with Crippen LogP contribution in [-0.2, 0) is 14.3 Å². The zero-order valence-electron chi connectivity index (χ0n) is 9.97. The number of hydrogen-bond acceptors (Lipinski definition) is 4. The van der Waals surface area contributed by atoms with E-state index in [2.05, 4.69) is 10.1 Å². The third-order valence-corrected chi connectivity index (χ3v) is 1.76. The second kappa shape index (κ2) is 8.30. The van der Waals surface area contributed by atoms with Gasteiger partial charge < -0.3 is 14.8 Å². The van der Waals surface area contributed by atoms with Crippen molar-refractivity contribution < 1.29 is 27.4 Å². The fraction of sp³-hybridized carbons (Fsp3) is 0.900. The molecule has 0 aliphatic heterocycles. The van der Waals surface area contributed by atoms with E-state index >= 15 is 0 Å². The van der Waals surface area contributed by atoms with Gasteiger partial charge >= 0.3 is 12.1 Å². The topological polar surface area (TPSA) is 47.6 Å². The van der Waals surface area contributed by atoms with Crippen molar-refractivity contribution in [2.24, 2.45) is 0 Å². The van der Waals surface area contributed by atoms with Crippen molar-refractivity contribution in [1.82, 2.24) is 5.32 Å². The van der Waals surface area contributed by atoms with Crippen molar-refractivity contribution in [2.75, 3.05) is 26.4 Å². The van der Waals surface area contributed by atoms with Crippen molar-refractivity contribution in [3.8, 4) is 0 Å². The highest BCUT2D eigenvalue weighted by atomic mass is 19.4. The predicted molar refractivity (Wildman–Crippen MR) is 55.6 cm³/mol. The van der Waals surface area contributed by atoms with Crippen molar-refractivity contribution in [2.45, 2.75) is 32.5 Å². The summed E-state index contributed by atoms with van der Waals surface area (Å²) in [4.78, 5) is 11.4. The summed E-state index contributed by atoms with van der Waals surface area (Å²) >= 11 is 0. The molecule has 0 aliphatic carbocycles. The van der Waals surface area contributed by atoms with Gasteiger partial charge in [0.1, 0.15) is 12.6 Å². The summed E-state index contributed by atoms with van der Waals surface area (Å²) in [6, 6.07) is -0.850. The first kappa shape index (κ1) is 16.2. The summed E-state index contributed by atoms with van der Waals surface area (Å²) < 4.78 is 44.7. The van der Waals surface area contributed by atoms with Crippen LogP contribution in [0.3, 0.4) is 0 Å².